The number of hydrogen-bond donors (Lipinski definition) is 2. The molecule has 162 valence electrons. The van der Waals surface area contributed by atoms with Crippen LogP contribution in [0.4, 0.5) is 0 Å². The zero-order valence-corrected chi connectivity index (χ0v) is 18.5. The number of ether oxygens (including phenoxy) is 1. The van der Waals surface area contributed by atoms with E-state index < -0.39 is 0 Å². The van der Waals surface area contributed by atoms with Crippen LogP contribution in [0.5, 0.6) is 5.75 Å². The molecule has 3 rings (SSSR count). The lowest BCUT2D eigenvalue weighted by atomic mass is 9.86. The molecule has 1 aliphatic rings. The number of thioether (sulfide) groups is 1. The second-order valence-corrected chi connectivity index (χ2v) is 8.54. The van der Waals surface area contributed by atoms with Crippen molar-refractivity contribution < 1.29 is 14.3 Å². The number of nitrogens with zero attached hydrogens (tertiary/aromatic N) is 3. The molecular formula is C21H29N5O3S. The molecule has 1 saturated carbocycles. The lowest BCUT2D eigenvalue weighted by Gasteiger charge is -2.29. The van der Waals surface area contributed by atoms with Gasteiger partial charge in [0, 0.05) is 18.7 Å². The van der Waals surface area contributed by atoms with Gasteiger partial charge in [-0.3, -0.25) is 9.59 Å². The summed E-state index contributed by atoms with van der Waals surface area (Å²) >= 11 is 1.35. The maximum absolute atomic E-state index is 12.3. The van der Waals surface area contributed by atoms with Crippen molar-refractivity contribution in [2.75, 3.05) is 12.9 Å². The van der Waals surface area contributed by atoms with Crippen LogP contribution < -0.4 is 15.4 Å². The summed E-state index contributed by atoms with van der Waals surface area (Å²) in [4.78, 5) is 24.6. The van der Waals surface area contributed by atoms with Crippen LogP contribution in [0.1, 0.15) is 48.8 Å². The molecule has 0 spiro atoms. The first-order chi connectivity index (χ1) is 14.5. The minimum atomic E-state index is -0.198. The van der Waals surface area contributed by atoms with Crippen molar-refractivity contribution in [2.24, 2.45) is 13.0 Å². The molecule has 0 radical (unpaired) electrons. The van der Waals surface area contributed by atoms with Gasteiger partial charge in [0.15, 0.2) is 11.0 Å². The number of carbonyl (C=O) groups is 2. The van der Waals surface area contributed by atoms with E-state index in [2.05, 4.69) is 27.8 Å². The molecular weight excluding hydrogens is 402 g/mol. The molecule has 9 heteroatoms. The Labute approximate surface area is 181 Å². The molecule has 8 nitrogen and oxygen atoms in total. The van der Waals surface area contributed by atoms with Crippen molar-refractivity contribution in [1.82, 2.24) is 25.4 Å². The third-order valence-corrected chi connectivity index (χ3v) is 6.49. The predicted molar refractivity (Wildman–Crippen MR) is 115 cm³/mol. The van der Waals surface area contributed by atoms with Crippen molar-refractivity contribution >= 4 is 23.6 Å². The van der Waals surface area contributed by atoms with E-state index in [0.717, 1.165) is 6.42 Å². The number of aromatic nitrogens is 3. The van der Waals surface area contributed by atoms with Gasteiger partial charge in [-0.15, -0.1) is 10.2 Å². The van der Waals surface area contributed by atoms with Gasteiger partial charge in [-0.2, -0.15) is 0 Å². The minimum absolute atomic E-state index is 0.0242. The zero-order valence-electron chi connectivity index (χ0n) is 17.7. The van der Waals surface area contributed by atoms with Gasteiger partial charge in [-0.05, 0) is 43.0 Å². The normalized spacial score (nSPS) is 18.6. The Balaban J connectivity index is 1.47. The fourth-order valence-corrected chi connectivity index (χ4v) is 4.28. The summed E-state index contributed by atoms with van der Waals surface area (Å²) < 4.78 is 6.90. The topological polar surface area (TPSA) is 98.1 Å². The SMILES string of the molecule is COc1ccc(C(=O)NCc2nnc(SCC(=O)N[C@H]3CCCC[C@H]3C)n2C)cc1. The summed E-state index contributed by atoms with van der Waals surface area (Å²) in [5, 5.41) is 14.9. The maximum atomic E-state index is 12.3. The highest BCUT2D eigenvalue weighted by molar-refractivity contribution is 7.99. The lowest BCUT2D eigenvalue weighted by Crippen LogP contribution is -2.41. The first-order valence-electron chi connectivity index (χ1n) is 10.2. The number of hydrogen-bond acceptors (Lipinski definition) is 6. The molecule has 0 aliphatic heterocycles. The van der Waals surface area contributed by atoms with Crippen LogP contribution in [-0.4, -0.2) is 45.5 Å². The summed E-state index contributed by atoms with van der Waals surface area (Å²) in [6.07, 6.45) is 4.66. The van der Waals surface area contributed by atoms with E-state index in [0.29, 0.717) is 34.0 Å². The molecule has 1 aliphatic carbocycles. The van der Waals surface area contributed by atoms with Crippen molar-refractivity contribution in [2.45, 2.75) is 50.4 Å². The first-order valence-corrected chi connectivity index (χ1v) is 11.2. The van der Waals surface area contributed by atoms with Crippen LogP contribution in [0.15, 0.2) is 29.4 Å². The molecule has 0 unspecified atom stereocenters. The molecule has 2 atom stereocenters. The molecule has 1 aromatic heterocycles. The second kappa shape index (κ2) is 10.5. The monoisotopic (exact) mass is 431 g/mol. The van der Waals surface area contributed by atoms with E-state index in [4.69, 9.17) is 4.74 Å². The van der Waals surface area contributed by atoms with E-state index in [-0.39, 0.29) is 24.4 Å². The van der Waals surface area contributed by atoms with Crippen LogP contribution in [0.3, 0.4) is 0 Å². The molecule has 2 aromatic rings. The van der Waals surface area contributed by atoms with Gasteiger partial charge in [0.1, 0.15) is 5.75 Å². The molecule has 30 heavy (non-hydrogen) atoms. The molecule has 1 aromatic carbocycles. The largest absolute Gasteiger partial charge is 0.497 e. The van der Waals surface area contributed by atoms with E-state index >= 15 is 0 Å². The highest BCUT2D eigenvalue weighted by Gasteiger charge is 2.23. The van der Waals surface area contributed by atoms with Crippen molar-refractivity contribution in [1.29, 1.82) is 0 Å². The highest BCUT2D eigenvalue weighted by Crippen LogP contribution is 2.24. The number of benzene rings is 1. The second-order valence-electron chi connectivity index (χ2n) is 7.59. The van der Waals surface area contributed by atoms with Crippen LogP contribution in [-0.2, 0) is 18.4 Å². The van der Waals surface area contributed by atoms with Gasteiger partial charge in [0.25, 0.3) is 5.91 Å². The summed E-state index contributed by atoms with van der Waals surface area (Å²) in [5.41, 5.74) is 0.543. The van der Waals surface area contributed by atoms with Crippen LogP contribution in [0, 0.1) is 5.92 Å². The molecule has 0 saturated heterocycles. The molecule has 1 fully saturated rings. The molecule has 2 N–H and O–H groups in total. The molecule has 1 heterocycles. The minimum Gasteiger partial charge on any atom is -0.497 e. The number of amides is 2. The van der Waals surface area contributed by atoms with Crippen LogP contribution in [0.2, 0.25) is 0 Å². The smallest absolute Gasteiger partial charge is 0.251 e. The Morgan fingerprint density at radius 2 is 1.93 bits per heavy atom. The lowest BCUT2D eigenvalue weighted by molar-refractivity contribution is -0.119. The average Bonchev–Trinajstić information content (AvgIpc) is 3.11. The number of carbonyl (C=O) groups excluding carboxylic acids is 2. The van der Waals surface area contributed by atoms with Gasteiger partial charge in [0.05, 0.1) is 19.4 Å². The van der Waals surface area contributed by atoms with Gasteiger partial charge < -0.3 is 19.9 Å². The summed E-state index contributed by atoms with van der Waals surface area (Å²) in [6, 6.07) is 7.17. The number of methoxy groups -OCH3 is 1. The number of rotatable bonds is 8. The molecule has 2 amide bonds. The summed E-state index contributed by atoms with van der Waals surface area (Å²) in [7, 11) is 3.41. The predicted octanol–water partition coefficient (Wildman–Crippen LogP) is 2.54. The van der Waals surface area contributed by atoms with E-state index in [9.17, 15) is 9.59 Å². The fourth-order valence-electron chi connectivity index (χ4n) is 3.54. The van der Waals surface area contributed by atoms with Gasteiger partial charge in [0.2, 0.25) is 5.91 Å². The Bertz CT molecular complexity index is 868. The van der Waals surface area contributed by atoms with Crippen molar-refractivity contribution in [3.63, 3.8) is 0 Å². The Hall–Kier alpha value is -2.55. The Morgan fingerprint density at radius 1 is 1.20 bits per heavy atom. The van der Waals surface area contributed by atoms with Crippen molar-refractivity contribution in [3.05, 3.63) is 35.7 Å². The quantitative estimate of drug-likeness (QED) is 0.624. The van der Waals surface area contributed by atoms with E-state index in [1.165, 1.54) is 31.0 Å². The van der Waals surface area contributed by atoms with E-state index in [1.54, 1.807) is 35.9 Å². The van der Waals surface area contributed by atoms with Crippen molar-refractivity contribution in [3.8, 4) is 5.75 Å². The van der Waals surface area contributed by atoms with Gasteiger partial charge >= 0.3 is 0 Å². The first kappa shape index (κ1) is 22.1. The average molecular weight is 432 g/mol. The van der Waals surface area contributed by atoms with E-state index in [1.807, 2.05) is 7.05 Å². The highest BCUT2D eigenvalue weighted by atomic mass is 32.2. The van der Waals surface area contributed by atoms with Crippen LogP contribution in [0.25, 0.3) is 0 Å². The molecule has 0 bridgehead atoms. The van der Waals surface area contributed by atoms with Gasteiger partial charge in [-0.1, -0.05) is 31.5 Å². The summed E-state index contributed by atoms with van der Waals surface area (Å²) in [6.45, 7) is 2.45. The Morgan fingerprint density at radius 3 is 2.63 bits per heavy atom. The maximum Gasteiger partial charge on any atom is 0.251 e. The van der Waals surface area contributed by atoms with Crippen LogP contribution >= 0.6 is 11.8 Å². The zero-order chi connectivity index (χ0) is 21.5. The number of nitrogens with one attached hydrogen (secondary N) is 2. The third kappa shape index (κ3) is 5.75. The third-order valence-electron chi connectivity index (χ3n) is 5.47. The van der Waals surface area contributed by atoms with Gasteiger partial charge in [-0.25, -0.2) is 0 Å². The standard InChI is InChI=1S/C21H29N5O3S/c1-14-6-4-5-7-17(14)23-19(27)13-30-21-25-24-18(26(21)2)12-22-20(28)15-8-10-16(29-3)11-9-15/h8-11,14,17H,4-7,12-13H2,1-3H3,(H,22,28)(H,23,27)/t14-,17+/m1/s1. The fraction of sp³-hybridized carbons (Fsp3) is 0.524. The summed E-state index contributed by atoms with van der Waals surface area (Å²) in [5.74, 6) is 1.98. The Kier molecular flexibility index (Phi) is 7.73.